The highest BCUT2D eigenvalue weighted by molar-refractivity contribution is 9.10. The van der Waals surface area contributed by atoms with Gasteiger partial charge in [-0.3, -0.25) is 0 Å². The number of hydrogen-bond acceptors (Lipinski definition) is 2. The third-order valence-electron chi connectivity index (χ3n) is 2.66. The van der Waals surface area contributed by atoms with Crippen LogP contribution in [0.15, 0.2) is 53.5 Å². The molecule has 3 nitrogen and oxygen atoms in total. The zero-order valence-corrected chi connectivity index (χ0v) is 10.6. The average Bonchev–Trinajstić information content (AvgIpc) is 2.76. The van der Waals surface area contributed by atoms with Crippen LogP contribution in [0.25, 0.3) is 11.0 Å². The maximum Gasteiger partial charge on any atom is 0.140 e. The second kappa shape index (κ2) is 4.30. The molecule has 3 rings (SSSR count). The largest absolute Gasteiger partial charge is 0.328 e. The molecule has 0 atom stereocenters. The minimum absolute atomic E-state index is 0.792. The second-order valence-corrected chi connectivity index (χ2v) is 4.66. The highest BCUT2D eigenvalue weighted by atomic mass is 79.9. The fourth-order valence-electron chi connectivity index (χ4n) is 1.84. The third-order valence-corrected chi connectivity index (χ3v) is 3.13. The minimum atomic E-state index is 0.792. The van der Waals surface area contributed by atoms with Gasteiger partial charge in [-0.25, -0.2) is 9.97 Å². The van der Waals surface area contributed by atoms with Gasteiger partial charge in [0.1, 0.15) is 10.3 Å². The van der Waals surface area contributed by atoms with Gasteiger partial charge in [-0.2, -0.15) is 0 Å². The maximum atomic E-state index is 4.39. The third kappa shape index (κ3) is 2.08. The molecular formula is C13H10BrN3. The van der Waals surface area contributed by atoms with Gasteiger partial charge in [0.2, 0.25) is 0 Å². The molecule has 0 fully saturated rings. The smallest absolute Gasteiger partial charge is 0.140 e. The molecular weight excluding hydrogens is 278 g/mol. The van der Waals surface area contributed by atoms with Gasteiger partial charge in [0, 0.05) is 24.0 Å². The molecule has 0 amide bonds. The Labute approximate surface area is 107 Å². The predicted octanol–water partition coefficient (Wildman–Crippen LogP) is 3.24. The van der Waals surface area contributed by atoms with Crippen LogP contribution >= 0.6 is 15.9 Å². The zero-order chi connectivity index (χ0) is 11.7. The first kappa shape index (κ1) is 10.5. The van der Waals surface area contributed by atoms with Gasteiger partial charge >= 0.3 is 0 Å². The number of hydrogen-bond donors (Lipinski definition) is 0. The van der Waals surface area contributed by atoms with Crippen molar-refractivity contribution in [3.05, 3.63) is 59.1 Å². The Balaban J connectivity index is 1.97. The van der Waals surface area contributed by atoms with Gasteiger partial charge in [0.05, 0.1) is 6.54 Å². The van der Waals surface area contributed by atoms with Crippen LogP contribution < -0.4 is 0 Å². The van der Waals surface area contributed by atoms with Crippen molar-refractivity contribution in [3.8, 4) is 0 Å². The van der Waals surface area contributed by atoms with Crippen LogP contribution in [0.5, 0.6) is 0 Å². The summed E-state index contributed by atoms with van der Waals surface area (Å²) in [5.74, 6) is 0. The molecule has 3 heterocycles. The lowest BCUT2D eigenvalue weighted by molar-refractivity contribution is 0.819. The average molecular weight is 288 g/mol. The van der Waals surface area contributed by atoms with E-state index in [4.69, 9.17) is 0 Å². The van der Waals surface area contributed by atoms with Crippen LogP contribution in [-0.2, 0) is 6.54 Å². The van der Waals surface area contributed by atoms with Crippen molar-refractivity contribution in [2.24, 2.45) is 0 Å². The fourth-order valence-corrected chi connectivity index (χ4v) is 2.08. The molecule has 0 aromatic carbocycles. The van der Waals surface area contributed by atoms with E-state index in [1.54, 1.807) is 0 Å². The minimum Gasteiger partial charge on any atom is -0.328 e. The highest BCUT2D eigenvalue weighted by Gasteiger charge is 2.02. The SMILES string of the molecule is Brc1ccc(Cn2ccc3cccnc32)cn1. The van der Waals surface area contributed by atoms with E-state index in [0.717, 1.165) is 27.7 Å². The Morgan fingerprint density at radius 2 is 2.06 bits per heavy atom. The first-order chi connectivity index (χ1) is 8.33. The number of nitrogens with zero attached hydrogens (tertiary/aromatic N) is 3. The Morgan fingerprint density at radius 3 is 2.88 bits per heavy atom. The Bertz CT molecular complexity index is 643. The van der Waals surface area contributed by atoms with E-state index < -0.39 is 0 Å². The van der Waals surface area contributed by atoms with Crippen LogP contribution in [0, 0.1) is 0 Å². The molecule has 3 aromatic rings. The summed E-state index contributed by atoms with van der Waals surface area (Å²) in [5, 5.41) is 1.16. The van der Waals surface area contributed by atoms with E-state index in [1.165, 1.54) is 0 Å². The van der Waals surface area contributed by atoms with Crippen LogP contribution in [-0.4, -0.2) is 14.5 Å². The molecule has 0 aliphatic heterocycles. The highest BCUT2D eigenvalue weighted by Crippen LogP contribution is 2.14. The van der Waals surface area contributed by atoms with Crippen LogP contribution in [0.2, 0.25) is 0 Å². The predicted molar refractivity (Wildman–Crippen MR) is 70.8 cm³/mol. The lowest BCUT2D eigenvalue weighted by Gasteiger charge is -2.04. The van der Waals surface area contributed by atoms with Gasteiger partial charge in [-0.1, -0.05) is 6.07 Å². The number of pyridine rings is 2. The number of fused-ring (bicyclic) bond motifs is 1. The standard InChI is InChI=1S/C13H10BrN3/c14-12-4-3-10(8-16-12)9-17-7-5-11-2-1-6-15-13(11)17/h1-8H,9H2. The molecule has 0 N–H and O–H groups in total. The van der Waals surface area contributed by atoms with E-state index in [-0.39, 0.29) is 0 Å². The molecule has 0 spiro atoms. The molecule has 0 unspecified atom stereocenters. The summed E-state index contributed by atoms with van der Waals surface area (Å²) < 4.78 is 2.98. The van der Waals surface area contributed by atoms with Crippen molar-refractivity contribution < 1.29 is 0 Å². The molecule has 0 aliphatic rings. The summed E-state index contributed by atoms with van der Waals surface area (Å²) >= 11 is 3.33. The Kier molecular flexibility index (Phi) is 2.65. The zero-order valence-electron chi connectivity index (χ0n) is 9.05. The van der Waals surface area contributed by atoms with E-state index >= 15 is 0 Å². The first-order valence-electron chi connectivity index (χ1n) is 5.33. The van der Waals surface area contributed by atoms with Crippen LogP contribution in [0.3, 0.4) is 0 Å². The molecule has 4 heteroatoms. The fraction of sp³-hybridized carbons (Fsp3) is 0.0769. The van der Waals surface area contributed by atoms with Crippen molar-refractivity contribution >= 4 is 27.0 Å². The normalized spacial score (nSPS) is 10.9. The molecule has 0 saturated heterocycles. The summed E-state index contributed by atoms with van der Waals surface area (Å²) in [4.78, 5) is 8.61. The number of halogens is 1. The Hall–Kier alpha value is -1.68. The van der Waals surface area contributed by atoms with Gasteiger partial charge in [0.15, 0.2) is 0 Å². The second-order valence-electron chi connectivity index (χ2n) is 3.85. The summed E-state index contributed by atoms with van der Waals surface area (Å²) in [5.41, 5.74) is 2.17. The van der Waals surface area contributed by atoms with Crippen molar-refractivity contribution in [2.45, 2.75) is 6.54 Å². The molecule has 17 heavy (non-hydrogen) atoms. The summed E-state index contributed by atoms with van der Waals surface area (Å²) in [6, 6.07) is 10.1. The van der Waals surface area contributed by atoms with E-state index in [1.807, 2.05) is 24.5 Å². The van der Waals surface area contributed by atoms with E-state index in [0.29, 0.717) is 0 Å². The summed E-state index contributed by atoms with van der Waals surface area (Å²) in [6.45, 7) is 0.792. The van der Waals surface area contributed by atoms with Crippen molar-refractivity contribution in [1.29, 1.82) is 0 Å². The topological polar surface area (TPSA) is 30.7 Å². The van der Waals surface area contributed by atoms with Gasteiger partial charge < -0.3 is 4.57 Å². The van der Waals surface area contributed by atoms with E-state index in [2.05, 4.69) is 54.9 Å². The molecule has 0 bridgehead atoms. The molecule has 84 valence electrons. The quantitative estimate of drug-likeness (QED) is 0.678. The summed E-state index contributed by atoms with van der Waals surface area (Å²) in [6.07, 6.45) is 5.75. The maximum absolute atomic E-state index is 4.39. The number of aromatic nitrogens is 3. The molecule has 0 aliphatic carbocycles. The molecule has 3 aromatic heterocycles. The van der Waals surface area contributed by atoms with Gasteiger partial charge in [-0.05, 0) is 45.8 Å². The van der Waals surface area contributed by atoms with Crippen molar-refractivity contribution in [2.75, 3.05) is 0 Å². The van der Waals surface area contributed by atoms with Crippen molar-refractivity contribution in [3.63, 3.8) is 0 Å². The lowest BCUT2D eigenvalue weighted by atomic mass is 10.3. The Morgan fingerprint density at radius 1 is 1.12 bits per heavy atom. The monoisotopic (exact) mass is 287 g/mol. The summed E-state index contributed by atoms with van der Waals surface area (Å²) in [7, 11) is 0. The first-order valence-corrected chi connectivity index (χ1v) is 6.12. The van der Waals surface area contributed by atoms with Crippen LogP contribution in [0.4, 0.5) is 0 Å². The van der Waals surface area contributed by atoms with Gasteiger partial charge in [0.25, 0.3) is 0 Å². The molecule has 0 saturated carbocycles. The number of rotatable bonds is 2. The van der Waals surface area contributed by atoms with Crippen LogP contribution in [0.1, 0.15) is 5.56 Å². The van der Waals surface area contributed by atoms with Gasteiger partial charge in [-0.15, -0.1) is 0 Å². The lowest BCUT2D eigenvalue weighted by Crippen LogP contribution is -1.99. The molecule has 0 radical (unpaired) electrons. The van der Waals surface area contributed by atoms with E-state index in [9.17, 15) is 0 Å². The van der Waals surface area contributed by atoms with Crippen molar-refractivity contribution in [1.82, 2.24) is 14.5 Å².